The van der Waals surface area contributed by atoms with Gasteiger partial charge in [0.05, 0.1) is 5.69 Å². The molecule has 3 heteroatoms. The Labute approximate surface area is 119 Å². The minimum atomic E-state index is 0.0169. The van der Waals surface area contributed by atoms with Gasteiger partial charge >= 0.3 is 0 Å². The summed E-state index contributed by atoms with van der Waals surface area (Å²) in [4.78, 5) is 11.7. The molecular weight excluding hydrogens is 250 g/mol. The summed E-state index contributed by atoms with van der Waals surface area (Å²) in [5, 5.41) is 2.88. The largest absolute Gasteiger partial charge is 0.487 e. The molecule has 0 aromatic heterocycles. The summed E-state index contributed by atoms with van der Waals surface area (Å²) in [7, 11) is 0. The second-order valence-corrected chi connectivity index (χ2v) is 4.57. The molecule has 20 heavy (non-hydrogen) atoms. The van der Waals surface area contributed by atoms with Crippen LogP contribution in [-0.2, 0) is 11.4 Å². The van der Waals surface area contributed by atoms with Crippen LogP contribution < -0.4 is 10.1 Å². The van der Waals surface area contributed by atoms with Crippen molar-refractivity contribution >= 4 is 11.6 Å². The number of ether oxygens (including phenoxy) is 1. The Balaban J connectivity index is 2.02. The molecule has 104 valence electrons. The van der Waals surface area contributed by atoms with E-state index in [-0.39, 0.29) is 5.91 Å². The SMILES string of the molecule is CCCC(=O)Nc1ccccc1OCc1ccccc1. The maximum absolute atomic E-state index is 11.7. The molecule has 0 saturated carbocycles. The average molecular weight is 269 g/mol. The first-order chi connectivity index (χ1) is 9.79. The number of hydrogen-bond acceptors (Lipinski definition) is 2. The second kappa shape index (κ2) is 7.34. The quantitative estimate of drug-likeness (QED) is 0.860. The molecule has 0 saturated heterocycles. The molecule has 2 rings (SSSR count). The van der Waals surface area contributed by atoms with Gasteiger partial charge in [-0.15, -0.1) is 0 Å². The fourth-order valence-electron chi connectivity index (χ4n) is 1.87. The Bertz CT molecular complexity index is 552. The number of rotatable bonds is 6. The van der Waals surface area contributed by atoms with E-state index in [1.54, 1.807) is 0 Å². The van der Waals surface area contributed by atoms with Gasteiger partial charge in [0.1, 0.15) is 12.4 Å². The predicted octanol–water partition coefficient (Wildman–Crippen LogP) is 4.00. The summed E-state index contributed by atoms with van der Waals surface area (Å²) in [6.07, 6.45) is 1.35. The van der Waals surface area contributed by atoms with Crippen LogP contribution in [0.15, 0.2) is 54.6 Å². The van der Waals surface area contributed by atoms with Crippen LogP contribution in [0.3, 0.4) is 0 Å². The number of para-hydroxylation sites is 2. The van der Waals surface area contributed by atoms with Crippen LogP contribution in [0.1, 0.15) is 25.3 Å². The third kappa shape index (κ3) is 4.12. The van der Waals surface area contributed by atoms with E-state index in [1.807, 2.05) is 61.5 Å². The van der Waals surface area contributed by atoms with Crippen molar-refractivity contribution in [3.63, 3.8) is 0 Å². The van der Waals surface area contributed by atoms with E-state index >= 15 is 0 Å². The fourth-order valence-corrected chi connectivity index (χ4v) is 1.87. The lowest BCUT2D eigenvalue weighted by Crippen LogP contribution is -2.11. The lowest BCUT2D eigenvalue weighted by atomic mass is 10.2. The van der Waals surface area contributed by atoms with Crippen molar-refractivity contribution in [1.29, 1.82) is 0 Å². The zero-order chi connectivity index (χ0) is 14.2. The highest BCUT2D eigenvalue weighted by atomic mass is 16.5. The first-order valence-corrected chi connectivity index (χ1v) is 6.85. The molecule has 0 fully saturated rings. The van der Waals surface area contributed by atoms with Gasteiger partial charge in [-0.25, -0.2) is 0 Å². The third-order valence-electron chi connectivity index (χ3n) is 2.88. The monoisotopic (exact) mass is 269 g/mol. The summed E-state index contributed by atoms with van der Waals surface area (Å²) in [6.45, 7) is 2.47. The first-order valence-electron chi connectivity index (χ1n) is 6.85. The van der Waals surface area contributed by atoms with E-state index in [0.29, 0.717) is 18.8 Å². The van der Waals surface area contributed by atoms with Gasteiger partial charge in [-0.1, -0.05) is 49.4 Å². The lowest BCUT2D eigenvalue weighted by molar-refractivity contribution is -0.116. The van der Waals surface area contributed by atoms with E-state index in [2.05, 4.69) is 5.32 Å². The van der Waals surface area contributed by atoms with Gasteiger partial charge in [-0.3, -0.25) is 4.79 Å². The minimum Gasteiger partial charge on any atom is -0.487 e. The molecule has 0 aliphatic carbocycles. The molecular formula is C17H19NO2. The Morgan fingerprint density at radius 3 is 2.50 bits per heavy atom. The van der Waals surface area contributed by atoms with Gasteiger partial charge in [0.15, 0.2) is 0 Å². The van der Waals surface area contributed by atoms with Crippen LogP contribution in [0, 0.1) is 0 Å². The molecule has 0 spiro atoms. The highest BCUT2D eigenvalue weighted by Gasteiger charge is 2.06. The van der Waals surface area contributed by atoms with Crippen molar-refractivity contribution in [2.24, 2.45) is 0 Å². The number of amides is 1. The van der Waals surface area contributed by atoms with Gasteiger partial charge in [0, 0.05) is 6.42 Å². The van der Waals surface area contributed by atoms with E-state index in [0.717, 1.165) is 17.7 Å². The highest BCUT2D eigenvalue weighted by molar-refractivity contribution is 5.92. The number of hydrogen-bond donors (Lipinski definition) is 1. The number of anilines is 1. The second-order valence-electron chi connectivity index (χ2n) is 4.57. The lowest BCUT2D eigenvalue weighted by Gasteiger charge is -2.12. The molecule has 0 unspecified atom stereocenters. The maximum atomic E-state index is 11.7. The summed E-state index contributed by atoms with van der Waals surface area (Å²) >= 11 is 0. The van der Waals surface area contributed by atoms with E-state index in [9.17, 15) is 4.79 Å². The number of benzene rings is 2. The topological polar surface area (TPSA) is 38.3 Å². The predicted molar refractivity (Wildman–Crippen MR) is 80.8 cm³/mol. The minimum absolute atomic E-state index is 0.0169. The van der Waals surface area contributed by atoms with Crippen LogP contribution in [0.25, 0.3) is 0 Å². The van der Waals surface area contributed by atoms with Crippen LogP contribution in [0.5, 0.6) is 5.75 Å². The van der Waals surface area contributed by atoms with E-state index < -0.39 is 0 Å². The van der Waals surface area contributed by atoms with Gasteiger partial charge in [-0.2, -0.15) is 0 Å². The van der Waals surface area contributed by atoms with Crippen molar-refractivity contribution in [2.45, 2.75) is 26.4 Å². The maximum Gasteiger partial charge on any atom is 0.224 e. The van der Waals surface area contributed by atoms with Gasteiger partial charge < -0.3 is 10.1 Å². The highest BCUT2D eigenvalue weighted by Crippen LogP contribution is 2.24. The molecule has 0 atom stereocenters. The zero-order valence-electron chi connectivity index (χ0n) is 11.6. The van der Waals surface area contributed by atoms with Gasteiger partial charge in [-0.05, 0) is 24.1 Å². The molecule has 0 bridgehead atoms. The molecule has 0 aliphatic rings. The Morgan fingerprint density at radius 1 is 1.05 bits per heavy atom. The van der Waals surface area contributed by atoms with Crippen LogP contribution in [0.4, 0.5) is 5.69 Å². The van der Waals surface area contributed by atoms with Crippen molar-refractivity contribution in [3.05, 3.63) is 60.2 Å². The smallest absolute Gasteiger partial charge is 0.224 e. The molecule has 1 amide bonds. The molecule has 0 radical (unpaired) electrons. The molecule has 2 aromatic rings. The fraction of sp³-hybridized carbons (Fsp3) is 0.235. The van der Waals surface area contributed by atoms with Crippen molar-refractivity contribution in [1.82, 2.24) is 0 Å². The van der Waals surface area contributed by atoms with Gasteiger partial charge in [0.25, 0.3) is 0 Å². The number of nitrogens with one attached hydrogen (secondary N) is 1. The van der Waals surface area contributed by atoms with Gasteiger partial charge in [0.2, 0.25) is 5.91 Å². The van der Waals surface area contributed by atoms with Crippen molar-refractivity contribution in [3.8, 4) is 5.75 Å². The zero-order valence-corrected chi connectivity index (χ0v) is 11.6. The first kappa shape index (κ1) is 14.1. The standard InChI is InChI=1S/C17H19NO2/c1-2-8-17(19)18-15-11-6-7-12-16(15)20-13-14-9-4-3-5-10-14/h3-7,9-12H,2,8,13H2,1H3,(H,18,19). The average Bonchev–Trinajstić information content (AvgIpc) is 2.48. The van der Waals surface area contributed by atoms with Crippen molar-refractivity contribution in [2.75, 3.05) is 5.32 Å². The van der Waals surface area contributed by atoms with Crippen LogP contribution in [0.2, 0.25) is 0 Å². The summed E-state index contributed by atoms with van der Waals surface area (Å²) < 4.78 is 5.79. The summed E-state index contributed by atoms with van der Waals surface area (Å²) in [5.41, 5.74) is 1.82. The Kier molecular flexibility index (Phi) is 5.18. The third-order valence-corrected chi connectivity index (χ3v) is 2.88. The summed E-state index contributed by atoms with van der Waals surface area (Å²) in [5.74, 6) is 0.712. The number of carbonyl (C=O) groups is 1. The molecule has 2 aromatic carbocycles. The molecule has 0 heterocycles. The molecule has 3 nitrogen and oxygen atoms in total. The molecule has 0 aliphatic heterocycles. The van der Waals surface area contributed by atoms with Crippen molar-refractivity contribution < 1.29 is 9.53 Å². The van der Waals surface area contributed by atoms with Crippen LogP contribution >= 0.6 is 0 Å². The Hall–Kier alpha value is -2.29. The van der Waals surface area contributed by atoms with Crippen LogP contribution in [-0.4, -0.2) is 5.91 Å². The molecule has 1 N–H and O–H groups in total. The Morgan fingerprint density at radius 2 is 1.75 bits per heavy atom. The summed E-state index contributed by atoms with van der Waals surface area (Å²) in [6, 6.07) is 17.5. The number of carbonyl (C=O) groups excluding carboxylic acids is 1. The van der Waals surface area contributed by atoms with E-state index in [4.69, 9.17) is 4.74 Å². The normalized spacial score (nSPS) is 10.1. The van der Waals surface area contributed by atoms with E-state index in [1.165, 1.54) is 0 Å².